The van der Waals surface area contributed by atoms with Gasteiger partial charge in [-0.3, -0.25) is 14.4 Å². The minimum absolute atomic E-state index is 0.0164. The molecule has 2 heterocycles. The van der Waals surface area contributed by atoms with Crippen molar-refractivity contribution in [3.63, 3.8) is 0 Å². The van der Waals surface area contributed by atoms with E-state index in [1.54, 1.807) is 25.2 Å². The van der Waals surface area contributed by atoms with Gasteiger partial charge >= 0.3 is 0 Å². The fourth-order valence-electron chi connectivity index (χ4n) is 3.46. The van der Waals surface area contributed by atoms with E-state index in [2.05, 4.69) is 56.0 Å². The summed E-state index contributed by atoms with van der Waals surface area (Å²) in [5.74, 6) is 0.690. The Balaban J connectivity index is 1.54. The first-order valence-corrected chi connectivity index (χ1v) is 10.5. The molecular weight excluding hydrogens is 378 g/mol. The van der Waals surface area contributed by atoms with Gasteiger partial charge in [0.25, 0.3) is 0 Å². The largest absolute Gasteiger partial charge is 0.354 e. The maximum Gasteiger partial charge on any atom is 0.241 e. The Bertz CT molecular complexity index is 823. The van der Waals surface area contributed by atoms with E-state index in [0.29, 0.717) is 18.5 Å². The number of aryl methyl sites for hydroxylation is 1. The van der Waals surface area contributed by atoms with Gasteiger partial charge in [-0.05, 0) is 24.5 Å². The molecule has 3 rings (SSSR count). The SMILES string of the molecule is CN(C)C(=O)CNC(=NCc1ccnn1C)NC1CCN(Cc2ccccc2)CC1. The van der Waals surface area contributed by atoms with Gasteiger partial charge in [0.05, 0.1) is 18.8 Å². The first-order chi connectivity index (χ1) is 14.5. The maximum absolute atomic E-state index is 12.0. The number of benzene rings is 1. The van der Waals surface area contributed by atoms with Crippen molar-refractivity contribution in [2.75, 3.05) is 33.7 Å². The van der Waals surface area contributed by atoms with E-state index >= 15 is 0 Å². The zero-order valence-electron chi connectivity index (χ0n) is 18.2. The molecule has 2 aromatic rings. The number of aromatic nitrogens is 2. The van der Waals surface area contributed by atoms with Crippen molar-refractivity contribution in [1.82, 2.24) is 30.2 Å². The highest BCUT2D eigenvalue weighted by Gasteiger charge is 2.20. The van der Waals surface area contributed by atoms with Crippen molar-refractivity contribution >= 4 is 11.9 Å². The Labute approximate surface area is 179 Å². The van der Waals surface area contributed by atoms with E-state index in [-0.39, 0.29) is 12.5 Å². The van der Waals surface area contributed by atoms with Crippen molar-refractivity contribution in [2.24, 2.45) is 12.0 Å². The van der Waals surface area contributed by atoms with Crippen LogP contribution in [0.4, 0.5) is 0 Å². The zero-order chi connectivity index (χ0) is 21.3. The van der Waals surface area contributed by atoms with Crippen LogP contribution in [0.15, 0.2) is 47.6 Å². The molecule has 1 aliphatic heterocycles. The Hall–Kier alpha value is -2.87. The Kier molecular flexibility index (Phi) is 7.84. The summed E-state index contributed by atoms with van der Waals surface area (Å²) in [5, 5.41) is 10.9. The second-order valence-electron chi connectivity index (χ2n) is 7.93. The van der Waals surface area contributed by atoms with Gasteiger partial charge in [-0.1, -0.05) is 30.3 Å². The number of carbonyl (C=O) groups is 1. The number of guanidine groups is 1. The molecular formula is C22H33N7O. The summed E-state index contributed by atoms with van der Waals surface area (Å²) in [6.07, 6.45) is 3.85. The molecule has 1 saturated heterocycles. The average molecular weight is 412 g/mol. The van der Waals surface area contributed by atoms with Crippen LogP contribution in [-0.2, 0) is 24.9 Å². The fraction of sp³-hybridized carbons (Fsp3) is 0.500. The highest BCUT2D eigenvalue weighted by molar-refractivity contribution is 5.86. The molecule has 0 radical (unpaired) electrons. The Morgan fingerprint density at radius 2 is 1.93 bits per heavy atom. The van der Waals surface area contributed by atoms with E-state index in [9.17, 15) is 4.79 Å². The number of amides is 1. The molecule has 0 spiro atoms. The molecule has 162 valence electrons. The van der Waals surface area contributed by atoms with Gasteiger partial charge in [-0.25, -0.2) is 4.99 Å². The molecule has 0 unspecified atom stereocenters. The number of rotatable bonds is 7. The molecule has 1 aromatic heterocycles. The lowest BCUT2D eigenvalue weighted by Crippen LogP contribution is -2.50. The molecule has 1 aliphatic rings. The standard InChI is InChI=1S/C22H33N7O/c1-27(2)21(30)16-24-22(23-15-20-9-12-25-28(20)3)26-19-10-13-29(14-11-19)17-18-7-5-4-6-8-18/h4-9,12,19H,10-11,13-17H2,1-3H3,(H2,23,24,26). The van der Waals surface area contributed by atoms with Crippen LogP contribution in [0, 0.1) is 0 Å². The summed E-state index contributed by atoms with van der Waals surface area (Å²) in [7, 11) is 5.42. The molecule has 0 bridgehead atoms. The lowest BCUT2D eigenvalue weighted by Gasteiger charge is -2.33. The quantitative estimate of drug-likeness (QED) is 0.529. The van der Waals surface area contributed by atoms with Gasteiger partial charge in [0.15, 0.2) is 5.96 Å². The minimum Gasteiger partial charge on any atom is -0.354 e. The number of aliphatic imine (C=N–C) groups is 1. The number of likely N-dealkylation sites (N-methyl/N-ethyl adjacent to an activating group) is 1. The summed E-state index contributed by atoms with van der Waals surface area (Å²) in [5.41, 5.74) is 2.37. The number of nitrogens with one attached hydrogen (secondary N) is 2. The van der Waals surface area contributed by atoms with Gasteiger partial charge in [0, 0.05) is 53.0 Å². The zero-order valence-corrected chi connectivity index (χ0v) is 18.2. The van der Waals surface area contributed by atoms with Crippen LogP contribution >= 0.6 is 0 Å². The van der Waals surface area contributed by atoms with Crippen LogP contribution in [0.2, 0.25) is 0 Å². The van der Waals surface area contributed by atoms with Crippen molar-refractivity contribution in [1.29, 1.82) is 0 Å². The van der Waals surface area contributed by atoms with Crippen molar-refractivity contribution < 1.29 is 4.79 Å². The molecule has 0 atom stereocenters. The molecule has 0 aliphatic carbocycles. The van der Waals surface area contributed by atoms with Gasteiger partial charge in [0.2, 0.25) is 5.91 Å². The second-order valence-corrected chi connectivity index (χ2v) is 7.93. The third kappa shape index (κ3) is 6.59. The first kappa shape index (κ1) is 21.8. The molecule has 2 N–H and O–H groups in total. The minimum atomic E-state index is 0.0164. The van der Waals surface area contributed by atoms with Crippen LogP contribution < -0.4 is 10.6 Å². The summed E-state index contributed by atoms with van der Waals surface area (Å²) >= 11 is 0. The number of nitrogens with zero attached hydrogens (tertiary/aromatic N) is 5. The molecule has 1 fully saturated rings. The number of hydrogen-bond acceptors (Lipinski definition) is 4. The van der Waals surface area contributed by atoms with Crippen LogP contribution in [0.25, 0.3) is 0 Å². The summed E-state index contributed by atoms with van der Waals surface area (Å²) < 4.78 is 1.81. The Morgan fingerprint density at radius 3 is 2.57 bits per heavy atom. The summed E-state index contributed by atoms with van der Waals surface area (Å²) in [6.45, 7) is 3.80. The van der Waals surface area contributed by atoms with Gasteiger partial charge < -0.3 is 15.5 Å². The normalized spacial score (nSPS) is 15.8. The van der Waals surface area contributed by atoms with Gasteiger partial charge in [0.1, 0.15) is 0 Å². The molecule has 8 nitrogen and oxygen atoms in total. The number of likely N-dealkylation sites (tertiary alicyclic amines) is 1. The third-order valence-electron chi connectivity index (χ3n) is 5.40. The highest BCUT2D eigenvalue weighted by Crippen LogP contribution is 2.14. The van der Waals surface area contributed by atoms with Gasteiger partial charge in [-0.2, -0.15) is 5.10 Å². The monoisotopic (exact) mass is 411 g/mol. The van der Waals surface area contributed by atoms with Crippen LogP contribution in [0.1, 0.15) is 24.1 Å². The van der Waals surface area contributed by atoms with Crippen molar-refractivity contribution in [3.8, 4) is 0 Å². The predicted molar refractivity (Wildman–Crippen MR) is 119 cm³/mol. The Morgan fingerprint density at radius 1 is 1.20 bits per heavy atom. The predicted octanol–water partition coefficient (Wildman–Crippen LogP) is 1.21. The first-order valence-electron chi connectivity index (χ1n) is 10.5. The van der Waals surface area contributed by atoms with Crippen LogP contribution in [-0.4, -0.2) is 71.2 Å². The van der Waals surface area contributed by atoms with E-state index in [0.717, 1.165) is 38.2 Å². The second kappa shape index (κ2) is 10.8. The van der Waals surface area contributed by atoms with Gasteiger partial charge in [-0.15, -0.1) is 0 Å². The third-order valence-corrected chi connectivity index (χ3v) is 5.40. The molecule has 0 saturated carbocycles. The van der Waals surface area contributed by atoms with Crippen LogP contribution in [0.3, 0.4) is 0 Å². The topological polar surface area (TPSA) is 77.8 Å². The molecule has 1 aromatic carbocycles. The fourth-order valence-corrected chi connectivity index (χ4v) is 3.46. The van der Waals surface area contributed by atoms with Crippen LogP contribution in [0.5, 0.6) is 0 Å². The molecule has 1 amide bonds. The number of hydrogen-bond donors (Lipinski definition) is 2. The number of carbonyl (C=O) groups excluding carboxylic acids is 1. The van der Waals surface area contributed by atoms with E-state index in [4.69, 9.17) is 0 Å². The summed E-state index contributed by atoms with van der Waals surface area (Å²) in [4.78, 5) is 20.8. The van der Waals surface area contributed by atoms with E-state index in [1.165, 1.54) is 5.56 Å². The van der Waals surface area contributed by atoms with Crippen molar-refractivity contribution in [2.45, 2.75) is 32.0 Å². The smallest absolute Gasteiger partial charge is 0.241 e. The highest BCUT2D eigenvalue weighted by atomic mass is 16.2. The lowest BCUT2D eigenvalue weighted by atomic mass is 10.0. The maximum atomic E-state index is 12.0. The number of piperidine rings is 1. The van der Waals surface area contributed by atoms with Crippen molar-refractivity contribution in [3.05, 3.63) is 53.9 Å². The molecule has 8 heteroatoms. The van der Waals surface area contributed by atoms with E-state index in [1.807, 2.05) is 17.8 Å². The van der Waals surface area contributed by atoms with E-state index < -0.39 is 0 Å². The lowest BCUT2D eigenvalue weighted by molar-refractivity contribution is -0.127. The summed E-state index contributed by atoms with van der Waals surface area (Å²) in [6, 6.07) is 12.9. The molecule has 30 heavy (non-hydrogen) atoms. The average Bonchev–Trinajstić information content (AvgIpc) is 3.16.